The van der Waals surface area contributed by atoms with Crippen LogP contribution < -0.4 is 0 Å². The average Bonchev–Trinajstić information content (AvgIpc) is 3.52. The topological polar surface area (TPSA) is 29.3 Å². The van der Waals surface area contributed by atoms with Crippen molar-refractivity contribution in [2.75, 3.05) is 13.6 Å². The molecule has 0 saturated heterocycles. The number of furan rings is 1. The molecule has 4 aromatic rings. The number of allylic oxidation sites excluding steroid dienone is 2. The molecule has 35 heavy (non-hydrogen) atoms. The second-order valence-electron chi connectivity index (χ2n) is 10.7. The molecule has 1 saturated carbocycles. The molecule has 3 heteroatoms. The average molecular weight is 463 g/mol. The summed E-state index contributed by atoms with van der Waals surface area (Å²) in [7, 11) is 2.17. The Hall–Kier alpha value is -3.33. The van der Waals surface area contributed by atoms with Gasteiger partial charge < -0.3 is 9.32 Å². The summed E-state index contributed by atoms with van der Waals surface area (Å²) < 4.78 is 6.49. The van der Waals surface area contributed by atoms with Crippen molar-refractivity contribution in [1.82, 2.24) is 9.88 Å². The van der Waals surface area contributed by atoms with Crippen LogP contribution in [0.4, 0.5) is 0 Å². The number of nitrogens with zero attached hydrogens (tertiary/aromatic N) is 2. The number of aromatic nitrogens is 1. The third kappa shape index (κ3) is 3.87. The quantitative estimate of drug-likeness (QED) is 0.305. The molecule has 1 fully saturated rings. The fourth-order valence-electron chi connectivity index (χ4n) is 5.82. The SMILES string of the molecule is Cc1ccc2c(oc3nc(C(C)C)ccc32)c1C1=CC(c2cccc(C3CCCC3)c2)=CCN1C. The van der Waals surface area contributed by atoms with Crippen LogP contribution in [0, 0.1) is 6.92 Å². The van der Waals surface area contributed by atoms with E-state index in [1.807, 2.05) is 0 Å². The molecule has 0 amide bonds. The smallest absolute Gasteiger partial charge is 0.227 e. The molecule has 0 atom stereocenters. The van der Waals surface area contributed by atoms with Crippen LogP contribution in [-0.2, 0) is 0 Å². The monoisotopic (exact) mass is 462 g/mol. The Labute approximate surface area is 208 Å². The molecule has 2 aromatic heterocycles. The fraction of sp³-hybridized carbons (Fsp3) is 0.344. The van der Waals surface area contributed by atoms with Crippen molar-refractivity contribution < 1.29 is 4.42 Å². The Morgan fingerprint density at radius 2 is 1.80 bits per heavy atom. The molecule has 2 aliphatic rings. The van der Waals surface area contributed by atoms with Gasteiger partial charge in [0.25, 0.3) is 0 Å². The molecule has 0 N–H and O–H groups in total. The van der Waals surface area contributed by atoms with Gasteiger partial charge in [0.05, 0.1) is 0 Å². The van der Waals surface area contributed by atoms with Crippen LogP contribution in [0.2, 0.25) is 0 Å². The highest BCUT2D eigenvalue weighted by Gasteiger charge is 2.23. The summed E-state index contributed by atoms with van der Waals surface area (Å²) in [6, 6.07) is 17.9. The van der Waals surface area contributed by atoms with Gasteiger partial charge in [0, 0.05) is 41.3 Å². The van der Waals surface area contributed by atoms with Crippen LogP contribution in [0.15, 0.2) is 65.1 Å². The van der Waals surface area contributed by atoms with E-state index in [2.05, 4.69) is 93.4 Å². The lowest BCUT2D eigenvalue weighted by Gasteiger charge is -2.27. The van der Waals surface area contributed by atoms with Gasteiger partial charge in [-0.1, -0.05) is 69.2 Å². The van der Waals surface area contributed by atoms with Crippen molar-refractivity contribution in [3.05, 3.63) is 88.6 Å². The number of hydrogen-bond donors (Lipinski definition) is 0. The van der Waals surface area contributed by atoms with Crippen LogP contribution in [0.5, 0.6) is 0 Å². The summed E-state index contributed by atoms with van der Waals surface area (Å²) >= 11 is 0. The van der Waals surface area contributed by atoms with Gasteiger partial charge in [-0.25, -0.2) is 4.98 Å². The highest BCUT2D eigenvalue weighted by Crippen LogP contribution is 2.40. The molecule has 0 unspecified atom stereocenters. The minimum Gasteiger partial charge on any atom is -0.437 e. The third-order valence-electron chi connectivity index (χ3n) is 7.92. The molecule has 6 rings (SSSR count). The Morgan fingerprint density at radius 1 is 1.00 bits per heavy atom. The molecule has 178 valence electrons. The van der Waals surface area contributed by atoms with Crippen LogP contribution in [-0.4, -0.2) is 23.5 Å². The van der Waals surface area contributed by atoms with Crippen molar-refractivity contribution in [3.8, 4) is 0 Å². The molecule has 1 aliphatic heterocycles. The second kappa shape index (κ2) is 8.71. The zero-order valence-corrected chi connectivity index (χ0v) is 21.3. The van der Waals surface area contributed by atoms with Crippen molar-refractivity contribution in [1.29, 1.82) is 0 Å². The Kier molecular flexibility index (Phi) is 5.51. The lowest BCUT2D eigenvalue weighted by Crippen LogP contribution is -2.20. The number of benzene rings is 2. The van der Waals surface area contributed by atoms with Crippen LogP contribution in [0.25, 0.3) is 33.3 Å². The first-order valence-corrected chi connectivity index (χ1v) is 13.1. The molecular weight excluding hydrogens is 428 g/mol. The predicted octanol–water partition coefficient (Wildman–Crippen LogP) is 8.44. The largest absolute Gasteiger partial charge is 0.437 e. The van der Waals surface area contributed by atoms with E-state index in [4.69, 9.17) is 9.40 Å². The normalized spacial score (nSPS) is 17.0. The molecule has 3 nitrogen and oxygen atoms in total. The van der Waals surface area contributed by atoms with E-state index in [-0.39, 0.29) is 0 Å². The van der Waals surface area contributed by atoms with Gasteiger partial charge in [0.1, 0.15) is 5.58 Å². The van der Waals surface area contributed by atoms with Crippen molar-refractivity contribution in [2.45, 2.75) is 58.3 Å². The van der Waals surface area contributed by atoms with Crippen molar-refractivity contribution >= 4 is 33.3 Å². The van der Waals surface area contributed by atoms with E-state index in [1.54, 1.807) is 0 Å². The van der Waals surface area contributed by atoms with E-state index >= 15 is 0 Å². The zero-order chi connectivity index (χ0) is 24.1. The summed E-state index contributed by atoms with van der Waals surface area (Å²) in [5, 5.41) is 2.22. The highest BCUT2D eigenvalue weighted by molar-refractivity contribution is 6.08. The zero-order valence-electron chi connectivity index (χ0n) is 21.3. The van der Waals surface area contributed by atoms with E-state index in [0.29, 0.717) is 5.92 Å². The maximum atomic E-state index is 6.49. The van der Waals surface area contributed by atoms with E-state index in [0.717, 1.165) is 40.2 Å². The minimum absolute atomic E-state index is 0.369. The van der Waals surface area contributed by atoms with Gasteiger partial charge in [-0.2, -0.15) is 0 Å². The second-order valence-corrected chi connectivity index (χ2v) is 10.7. The molecule has 0 spiro atoms. The first kappa shape index (κ1) is 22.2. The number of fused-ring (bicyclic) bond motifs is 3. The van der Waals surface area contributed by atoms with E-state index < -0.39 is 0 Å². The van der Waals surface area contributed by atoms with Crippen LogP contribution in [0.3, 0.4) is 0 Å². The summed E-state index contributed by atoms with van der Waals surface area (Å²) in [6.07, 6.45) is 10.1. The molecule has 0 radical (unpaired) electrons. The molecule has 0 bridgehead atoms. The highest BCUT2D eigenvalue weighted by atomic mass is 16.3. The number of likely N-dealkylation sites (N-methyl/N-ethyl adjacent to an activating group) is 1. The summed E-state index contributed by atoms with van der Waals surface area (Å²) in [6.45, 7) is 7.40. The van der Waals surface area contributed by atoms with Crippen molar-refractivity contribution in [2.24, 2.45) is 0 Å². The number of hydrogen-bond acceptors (Lipinski definition) is 3. The maximum Gasteiger partial charge on any atom is 0.227 e. The number of rotatable bonds is 4. The first-order valence-electron chi connectivity index (χ1n) is 13.1. The maximum absolute atomic E-state index is 6.49. The van der Waals surface area contributed by atoms with Gasteiger partial charge in [0.2, 0.25) is 5.71 Å². The van der Waals surface area contributed by atoms with Gasteiger partial charge in [-0.3, -0.25) is 0 Å². The Balaban J connectivity index is 1.47. The van der Waals surface area contributed by atoms with Gasteiger partial charge in [-0.15, -0.1) is 0 Å². The molecule has 3 heterocycles. The summed E-state index contributed by atoms with van der Waals surface area (Å²) in [4.78, 5) is 7.17. The Bertz CT molecular complexity index is 1480. The molecule has 1 aliphatic carbocycles. The Morgan fingerprint density at radius 3 is 2.60 bits per heavy atom. The van der Waals surface area contributed by atoms with Gasteiger partial charge in [0.15, 0.2) is 0 Å². The van der Waals surface area contributed by atoms with Crippen molar-refractivity contribution in [3.63, 3.8) is 0 Å². The van der Waals surface area contributed by atoms with Crippen LogP contribution in [0.1, 0.15) is 79.3 Å². The third-order valence-corrected chi connectivity index (χ3v) is 7.92. The summed E-state index contributed by atoms with van der Waals surface area (Å²) in [5.74, 6) is 1.09. The number of pyridine rings is 1. The lowest BCUT2D eigenvalue weighted by atomic mass is 9.91. The van der Waals surface area contributed by atoms with E-state index in [1.165, 1.54) is 59.2 Å². The molecular formula is C32H34N2O. The fourth-order valence-corrected chi connectivity index (χ4v) is 5.82. The first-order chi connectivity index (χ1) is 17.0. The van der Waals surface area contributed by atoms with Crippen LogP contribution >= 0.6 is 0 Å². The predicted molar refractivity (Wildman–Crippen MR) is 147 cm³/mol. The standard InChI is InChI=1S/C32H34N2O/c1-20(2)28-15-14-27-26-13-12-21(3)30(31(26)35-32(27)33-28)29-19-25(16-17-34(29)4)24-11-7-10-23(18-24)22-8-5-6-9-22/h7,10-16,18-20,22H,5-6,8-9,17H2,1-4H3. The summed E-state index contributed by atoms with van der Waals surface area (Å²) in [5.41, 5.74) is 10.5. The number of aryl methyl sites for hydroxylation is 1. The lowest BCUT2D eigenvalue weighted by molar-refractivity contribution is 0.531. The van der Waals surface area contributed by atoms with Gasteiger partial charge >= 0.3 is 0 Å². The van der Waals surface area contributed by atoms with Gasteiger partial charge in [-0.05, 0) is 72.1 Å². The minimum atomic E-state index is 0.369. The molecule has 2 aromatic carbocycles. The van der Waals surface area contributed by atoms with E-state index in [9.17, 15) is 0 Å².